The topological polar surface area (TPSA) is 58.6 Å². The summed E-state index contributed by atoms with van der Waals surface area (Å²) < 4.78 is 5.32. The van der Waals surface area contributed by atoms with Crippen LogP contribution in [0.4, 0.5) is 0 Å². The van der Waals surface area contributed by atoms with Crippen molar-refractivity contribution in [3.05, 3.63) is 35.9 Å². The fourth-order valence-corrected chi connectivity index (χ4v) is 4.42. The van der Waals surface area contributed by atoms with Gasteiger partial charge in [0.1, 0.15) is 0 Å². The number of methoxy groups -OCH3 is 1. The Morgan fingerprint density at radius 2 is 1.96 bits per heavy atom. The highest BCUT2D eigenvalue weighted by molar-refractivity contribution is 5.79. The fraction of sp³-hybridized carbons (Fsp3) is 0.650. The standard InChI is InChI=1S/C20H29NO3/c1-24-18-13-15(9-10-17(18)22)19(23)21-14-20(11-5-6-12-20)16-7-3-2-4-8-16/h2-4,7-8,15,17-18,22H,5-6,9-14H2,1H3,(H,21,23)/t15-,17+,18-/m1/s1. The third kappa shape index (κ3) is 3.65. The van der Waals surface area contributed by atoms with Gasteiger partial charge in [-0.1, -0.05) is 43.2 Å². The number of nitrogens with one attached hydrogen (secondary N) is 1. The second kappa shape index (κ2) is 7.66. The van der Waals surface area contributed by atoms with Crippen molar-refractivity contribution in [3.63, 3.8) is 0 Å². The fourth-order valence-electron chi connectivity index (χ4n) is 4.42. The largest absolute Gasteiger partial charge is 0.390 e. The van der Waals surface area contributed by atoms with Gasteiger partial charge in [-0.15, -0.1) is 0 Å². The number of benzene rings is 1. The average molecular weight is 331 g/mol. The number of rotatable bonds is 5. The van der Waals surface area contributed by atoms with Gasteiger partial charge in [-0.05, 0) is 37.7 Å². The lowest BCUT2D eigenvalue weighted by molar-refractivity contribution is -0.130. The Morgan fingerprint density at radius 3 is 2.62 bits per heavy atom. The number of carbonyl (C=O) groups excluding carboxylic acids is 1. The first-order chi connectivity index (χ1) is 11.6. The van der Waals surface area contributed by atoms with Crippen molar-refractivity contribution >= 4 is 5.91 Å². The second-order valence-electron chi connectivity index (χ2n) is 7.42. The van der Waals surface area contributed by atoms with Crippen LogP contribution in [0.25, 0.3) is 0 Å². The predicted molar refractivity (Wildman–Crippen MR) is 93.7 cm³/mol. The smallest absolute Gasteiger partial charge is 0.223 e. The molecule has 2 aliphatic rings. The molecule has 4 heteroatoms. The normalized spacial score (nSPS) is 29.3. The molecule has 2 aliphatic carbocycles. The second-order valence-corrected chi connectivity index (χ2v) is 7.42. The van der Waals surface area contributed by atoms with E-state index in [0.29, 0.717) is 19.4 Å². The maximum absolute atomic E-state index is 12.6. The molecule has 132 valence electrons. The molecule has 2 N–H and O–H groups in total. The Morgan fingerprint density at radius 1 is 1.25 bits per heavy atom. The Labute approximate surface area is 144 Å². The molecule has 0 saturated heterocycles. The summed E-state index contributed by atoms with van der Waals surface area (Å²) in [4.78, 5) is 12.6. The Bertz CT molecular complexity index is 539. The molecule has 3 rings (SSSR count). The van der Waals surface area contributed by atoms with Crippen LogP contribution in [0.15, 0.2) is 30.3 Å². The SMILES string of the molecule is CO[C@@H]1C[C@H](C(=O)NCC2(c3ccccc3)CCCC2)CC[C@@H]1O. The van der Waals surface area contributed by atoms with Gasteiger partial charge in [-0.3, -0.25) is 4.79 Å². The summed E-state index contributed by atoms with van der Waals surface area (Å²) >= 11 is 0. The lowest BCUT2D eigenvalue weighted by Crippen LogP contribution is -2.45. The van der Waals surface area contributed by atoms with E-state index in [1.54, 1.807) is 7.11 Å². The number of carbonyl (C=O) groups is 1. The van der Waals surface area contributed by atoms with Crippen molar-refractivity contribution in [1.82, 2.24) is 5.32 Å². The molecule has 3 atom stereocenters. The van der Waals surface area contributed by atoms with E-state index in [1.165, 1.54) is 18.4 Å². The monoisotopic (exact) mass is 331 g/mol. The molecule has 2 saturated carbocycles. The highest BCUT2D eigenvalue weighted by Crippen LogP contribution is 2.40. The molecule has 2 fully saturated rings. The summed E-state index contributed by atoms with van der Waals surface area (Å²) in [5.41, 5.74) is 1.43. The lowest BCUT2D eigenvalue weighted by Gasteiger charge is -2.34. The van der Waals surface area contributed by atoms with Crippen molar-refractivity contribution < 1.29 is 14.6 Å². The third-order valence-electron chi connectivity index (χ3n) is 5.98. The molecular formula is C20H29NO3. The van der Waals surface area contributed by atoms with Crippen LogP contribution < -0.4 is 5.32 Å². The van der Waals surface area contributed by atoms with E-state index in [-0.39, 0.29) is 23.3 Å². The highest BCUT2D eigenvalue weighted by Gasteiger charge is 2.37. The molecule has 0 spiro atoms. The number of aliphatic hydroxyl groups excluding tert-OH is 1. The van der Waals surface area contributed by atoms with E-state index >= 15 is 0 Å². The number of aliphatic hydroxyl groups is 1. The predicted octanol–water partition coefficient (Wildman–Crippen LogP) is 2.79. The quantitative estimate of drug-likeness (QED) is 0.872. The average Bonchev–Trinajstić information content (AvgIpc) is 3.11. The van der Waals surface area contributed by atoms with Crippen LogP contribution in [0, 0.1) is 5.92 Å². The van der Waals surface area contributed by atoms with Gasteiger partial charge >= 0.3 is 0 Å². The lowest BCUT2D eigenvalue weighted by atomic mass is 9.78. The molecular weight excluding hydrogens is 302 g/mol. The van der Waals surface area contributed by atoms with Crippen molar-refractivity contribution in [2.24, 2.45) is 5.92 Å². The summed E-state index contributed by atoms with van der Waals surface area (Å²) in [7, 11) is 1.61. The van der Waals surface area contributed by atoms with Gasteiger partial charge in [-0.25, -0.2) is 0 Å². The minimum atomic E-state index is -0.440. The minimum absolute atomic E-state index is 0.0485. The van der Waals surface area contributed by atoms with Crippen LogP contribution in [-0.4, -0.2) is 36.9 Å². The van der Waals surface area contributed by atoms with E-state index < -0.39 is 6.10 Å². The van der Waals surface area contributed by atoms with Gasteiger partial charge in [0.25, 0.3) is 0 Å². The molecule has 0 aliphatic heterocycles. The molecule has 4 nitrogen and oxygen atoms in total. The first kappa shape index (κ1) is 17.4. The summed E-state index contributed by atoms with van der Waals surface area (Å²) in [6.45, 7) is 0.715. The van der Waals surface area contributed by atoms with Crippen LogP contribution >= 0.6 is 0 Å². The van der Waals surface area contributed by atoms with Crippen LogP contribution in [0.5, 0.6) is 0 Å². The summed E-state index contributed by atoms with van der Waals surface area (Å²) in [5, 5.41) is 13.1. The molecule has 0 heterocycles. The highest BCUT2D eigenvalue weighted by atomic mass is 16.5. The van der Waals surface area contributed by atoms with Gasteiger partial charge in [0.15, 0.2) is 0 Å². The van der Waals surface area contributed by atoms with Crippen molar-refractivity contribution in [1.29, 1.82) is 0 Å². The Kier molecular flexibility index (Phi) is 5.57. The number of ether oxygens (including phenoxy) is 1. The van der Waals surface area contributed by atoms with E-state index in [0.717, 1.165) is 19.3 Å². The number of hydrogen-bond acceptors (Lipinski definition) is 3. The molecule has 0 bridgehead atoms. The van der Waals surface area contributed by atoms with Crippen molar-refractivity contribution in [2.75, 3.05) is 13.7 Å². The molecule has 1 aromatic carbocycles. The van der Waals surface area contributed by atoms with Gasteiger partial charge in [0.05, 0.1) is 12.2 Å². The molecule has 24 heavy (non-hydrogen) atoms. The zero-order chi connectivity index (χ0) is 17.0. The Balaban J connectivity index is 1.62. The van der Waals surface area contributed by atoms with E-state index in [2.05, 4.69) is 29.6 Å². The zero-order valence-corrected chi connectivity index (χ0v) is 14.5. The molecule has 0 aromatic heterocycles. The minimum Gasteiger partial charge on any atom is -0.390 e. The van der Waals surface area contributed by atoms with Gasteiger partial charge < -0.3 is 15.2 Å². The summed E-state index contributed by atoms with van der Waals surface area (Å²) in [6.07, 6.45) is 6.07. The Hall–Kier alpha value is -1.39. The molecule has 1 amide bonds. The molecule has 0 unspecified atom stereocenters. The van der Waals surface area contributed by atoms with Crippen molar-refractivity contribution in [2.45, 2.75) is 62.6 Å². The number of hydrogen-bond donors (Lipinski definition) is 2. The summed E-state index contributed by atoms with van der Waals surface area (Å²) in [5.74, 6) is 0.0683. The maximum Gasteiger partial charge on any atom is 0.223 e. The van der Waals surface area contributed by atoms with Crippen LogP contribution in [-0.2, 0) is 14.9 Å². The van der Waals surface area contributed by atoms with Crippen molar-refractivity contribution in [3.8, 4) is 0 Å². The van der Waals surface area contributed by atoms with Gasteiger partial charge in [-0.2, -0.15) is 0 Å². The third-order valence-corrected chi connectivity index (χ3v) is 5.98. The van der Waals surface area contributed by atoms with Gasteiger partial charge in [0.2, 0.25) is 5.91 Å². The van der Waals surface area contributed by atoms with E-state index in [1.807, 2.05) is 6.07 Å². The molecule has 0 radical (unpaired) electrons. The van der Waals surface area contributed by atoms with Crippen LogP contribution in [0.2, 0.25) is 0 Å². The number of amides is 1. The zero-order valence-electron chi connectivity index (χ0n) is 14.5. The van der Waals surface area contributed by atoms with Crippen LogP contribution in [0.3, 0.4) is 0 Å². The maximum atomic E-state index is 12.6. The molecule has 1 aromatic rings. The van der Waals surface area contributed by atoms with E-state index in [9.17, 15) is 9.90 Å². The first-order valence-electron chi connectivity index (χ1n) is 9.19. The first-order valence-corrected chi connectivity index (χ1v) is 9.19. The van der Waals surface area contributed by atoms with Gasteiger partial charge in [0, 0.05) is 25.0 Å². The summed E-state index contributed by atoms with van der Waals surface area (Å²) in [6, 6.07) is 10.6. The van der Waals surface area contributed by atoms with Crippen LogP contribution in [0.1, 0.15) is 50.5 Å². The van der Waals surface area contributed by atoms with E-state index in [4.69, 9.17) is 4.74 Å².